The predicted molar refractivity (Wildman–Crippen MR) is 107 cm³/mol. The van der Waals surface area contributed by atoms with E-state index in [2.05, 4.69) is 10.0 Å². The Bertz CT molecular complexity index is 1080. The number of benzene rings is 2. The fraction of sp³-hybridized carbons (Fsp3) is 0.350. The molecule has 0 saturated carbocycles. The van der Waals surface area contributed by atoms with Crippen molar-refractivity contribution in [1.29, 1.82) is 0 Å². The predicted octanol–water partition coefficient (Wildman–Crippen LogP) is 3.68. The van der Waals surface area contributed by atoms with E-state index in [4.69, 9.17) is 4.74 Å². The van der Waals surface area contributed by atoms with Crippen LogP contribution in [-0.4, -0.2) is 39.7 Å². The molecule has 1 fully saturated rings. The molecule has 3 N–H and O–H groups in total. The molecule has 0 bridgehead atoms. The molecule has 11 heteroatoms. The topological polar surface area (TPSA) is 105 Å². The standard InChI is InChI=1S/C20H21F3N2O5S/c1-30-17-7-4-12(19(26)27)9-18(17)31(28,29)25-16-10-14(20(21,22)23)5-6-15(16)13-3-2-8-24-11-13/h4-7,9-10,13,24-25H,2-3,8,11H2,1H3,(H,26,27). The average Bonchev–Trinajstić information content (AvgIpc) is 2.73. The zero-order valence-corrected chi connectivity index (χ0v) is 17.3. The molecule has 0 amide bonds. The summed E-state index contributed by atoms with van der Waals surface area (Å²) in [5.74, 6) is -1.67. The van der Waals surface area contributed by atoms with Gasteiger partial charge in [-0.3, -0.25) is 4.72 Å². The van der Waals surface area contributed by atoms with Gasteiger partial charge in [-0.25, -0.2) is 13.2 Å². The first-order chi connectivity index (χ1) is 14.5. The first-order valence-corrected chi connectivity index (χ1v) is 10.9. The van der Waals surface area contributed by atoms with E-state index < -0.39 is 32.6 Å². The molecule has 0 aliphatic carbocycles. The fourth-order valence-corrected chi connectivity index (χ4v) is 4.79. The number of hydrogen-bond donors (Lipinski definition) is 3. The lowest BCUT2D eigenvalue weighted by atomic mass is 9.90. The highest BCUT2D eigenvalue weighted by molar-refractivity contribution is 7.92. The number of carbonyl (C=O) groups is 1. The number of sulfonamides is 1. The number of rotatable bonds is 6. The summed E-state index contributed by atoms with van der Waals surface area (Å²) in [5, 5.41) is 12.3. The highest BCUT2D eigenvalue weighted by atomic mass is 32.2. The van der Waals surface area contributed by atoms with E-state index in [1.807, 2.05) is 0 Å². The summed E-state index contributed by atoms with van der Waals surface area (Å²) in [6, 6.07) is 6.21. The number of ether oxygens (including phenoxy) is 1. The van der Waals surface area contributed by atoms with Crippen LogP contribution in [0.1, 0.15) is 40.2 Å². The average molecular weight is 458 g/mol. The number of aromatic carboxylic acids is 1. The molecule has 0 aromatic heterocycles. The van der Waals surface area contributed by atoms with Gasteiger partial charge >= 0.3 is 12.1 Å². The second-order valence-electron chi connectivity index (χ2n) is 7.12. The van der Waals surface area contributed by atoms with Gasteiger partial charge in [0.05, 0.1) is 23.9 Å². The second-order valence-corrected chi connectivity index (χ2v) is 8.77. The van der Waals surface area contributed by atoms with Crippen LogP contribution in [0.3, 0.4) is 0 Å². The van der Waals surface area contributed by atoms with Crippen molar-refractivity contribution in [2.75, 3.05) is 24.9 Å². The molecule has 0 radical (unpaired) electrons. The number of hydrogen-bond acceptors (Lipinski definition) is 5. The SMILES string of the molecule is COc1ccc(C(=O)O)cc1S(=O)(=O)Nc1cc(C(F)(F)F)ccc1C1CCCNC1. The molecule has 168 valence electrons. The van der Waals surface area contributed by atoms with Crippen LogP contribution in [0.25, 0.3) is 0 Å². The molecule has 1 aliphatic rings. The lowest BCUT2D eigenvalue weighted by Crippen LogP contribution is -2.29. The Kier molecular flexibility index (Phi) is 6.46. The molecule has 1 saturated heterocycles. The van der Waals surface area contributed by atoms with E-state index in [9.17, 15) is 31.5 Å². The summed E-state index contributed by atoms with van der Waals surface area (Å²) < 4.78 is 73.2. The maximum atomic E-state index is 13.3. The normalized spacial score (nSPS) is 17.2. The third-order valence-corrected chi connectivity index (χ3v) is 6.45. The van der Waals surface area contributed by atoms with Crippen LogP contribution in [-0.2, 0) is 16.2 Å². The van der Waals surface area contributed by atoms with Gasteiger partial charge < -0.3 is 15.2 Å². The number of nitrogens with one attached hydrogen (secondary N) is 2. The van der Waals surface area contributed by atoms with Gasteiger partial charge in [-0.15, -0.1) is 0 Å². The van der Waals surface area contributed by atoms with Crippen molar-refractivity contribution in [2.24, 2.45) is 0 Å². The van der Waals surface area contributed by atoms with Crippen molar-refractivity contribution >= 4 is 21.7 Å². The van der Waals surface area contributed by atoms with Crippen LogP contribution in [0.2, 0.25) is 0 Å². The second kappa shape index (κ2) is 8.75. The highest BCUT2D eigenvalue weighted by Gasteiger charge is 2.33. The quantitative estimate of drug-likeness (QED) is 0.610. The Labute approximate surface area is 177 Å². The Hall–Kier alpha value is -2.79. The molecule has 1 unspecified atom stereocenters. The Morgan fingerprint density at radius 1 is 1.23 bits per heavy atom. The minimum atomic E-state index is -4.66. The minimum Gasteiger partial charge on any atom is -0.495 e. The van der Waals surface area contributed by atoms with Gasteiger partial charge in [0, 0.05) is 6.54 Å². The third-order valence-electron chi connectivity index (χ3n) is 5.06. The number of piperidine rings is 1. The summed E-state index contributed by atoms with van der Waals surface area (Å²) in [4.78, 5) is 10.8. The van der Waals surface area contributed by atoms with Crippen LogP contribution < -0.4 is 14.8 Å². The molecule has 2 aromatic rings. The molecule has 0 spiro atoms. The summed E-state index contributed by atoms with van der Waals surface area (Å²) in [6.07, 6.45) is -3.18. The van der Waals surface area contributed by atoms with E-state index in [0.717, 1.165) is 31.2 Å². The molecule has 7 nitrogen and oxygen atoms in total. The molecule has 31 heavy (non-hydrogen) atoms. The maximum absolute atomic E-state index is 13.3. The van der Waals surface area contributed by atoms with Gasteiger partial charge in [0.15, 0.2) is 0 Å². The Morgan fingerprint density at radius 3 is 2.55 bits per heavy atom. The smallest absolute Gasteiger partial charge is 0.416 e. The van der Waals surface area contributed by atoms with Crippen LogP contribution in [0, 0.1) is 0 Å². The number of carboxylic acid groups (broad SMARTS) is 1. The van der Waals surface area contributed by atoms with Crippen molar-refractivity contribution in [3.8, 4) is 5.75 Å². The zero-order valence-electron chi connectivity index (χ0n) is 16.5. The monoisotopic (exact) mass is 458 g/mol. The lowest BCUT2D eigenvalue weighted by Gasteiger charge is -2.26. The molecular formula is C20H21F3N2O5S. The Balaban J connectivity index is 2.09. The number of carboxylic acids is 1. The van der Waals surface area contributed by atoms with Gasteiger partial charge in [0.25, 0.3) is 10.0 Å². The van der Waals surface area contributed by atoms with Gasteiger partial charge in [-0.1, -0.05) is 6.07 Å². The number of halogens is 3. The molecule has 1 aliphatic heterocycles. The van der Waals surface area contributed by atoms with Crippen molar-refractivity contribution in [3.63, 3.8) is 0 Å². The highest BCUT2D eigenvalue weighted by Crippen LogP contribution is 2.37. The van der Waals surface area contributed by atoms with Gasteiger partial charge in [0.1, 0.15) is 10.6 Å². The summed E-state index contributed by atoms with van der Waals surface area (Å²) >= 11 is 0. The molecular weight excluding hydrogens is 437 g/mol. The number of anilines is 1. The summed E-state index contributed by atoms with van der Waals surface area (Å²) in [5.41, 5.74) is -1.07. The van der Waals surface area contributed by atoms with Gasteiger partial charge in [-0.05, 0) is 61.2 Å². The summed E-state index contributed by atoms with van der Waals surface area (Å²) in [7, 11) is -3.26. The number of methoxy groups -OCH3 is 1. The van der Waals surface area contributed by atoms with E-state index in [-0.39, 0.29) is 22.9 Å². The van der Waals surface area contributed by atoms with Gasteiger partial charge in [0.2, 0.25) is 0 Å². The van der Waals surface area contributed by atoms with E-state index in [1.54, 1.807) is 0 Å². The Morgan fingerprint density at radius 2 is 1.97 bits per heavy atom. The van der Waals surface area contributed by atoms with Gasteiger partial charge in [-0.2, -0.15) is 13.2 Å². The van der Waals surface area contributed by atoms with Crippen LogP contribution in [0.15, 0.2) is 41.3 Å². The summed E-state index contributed by atoms with van der Waals surface area (Å²) in [6.45, 7) is 1.27. The van der Waals surface area contributed by atoms with E-state index in [1.165, 1.54) is 25.3 Å². The molecule has 2 aromatic carbocycles. The van der Waals surface area contributed by atoms with Crippen LogP contribution in [0.5, 0.6) is 5.75 Å². The van der Waals surface area contributed by atoms with E-state index in [0.29, 0.717) is 18.5 Å². The third kappa shape index (κ3) is 5.10. The van der Waals surface area contributed by atoms with E-state index >= 15 is 0 Å². The van der Waals surface area contributed by atoms with Crippen molar-refractivity contribution in [2.45, 2.75) is 29.8 Å². The largest absolute Gasteiger partial charge is 0.495 e. The first-order valence-electron chi connectivity index (χ1n) is 9.39. The zero-order chi connectivity index (χ0) is 22.8. The van der Waals surface area contributed by atoms with Crippen molar-refractivity contribution < 1.29 is 36.2 Å². The lowest BCUT2D eigenvalue weighted by molar-refractivity contribution is -0.137. The molecule has 1 heterocycles. The number of alkyl halides is 3. The van der Waals surface area contributed by atoms with Crippen molar-refractivity contribution in [1.82, 2.24) is 5.32 Å². The maximum Gasteiger partial charge on any atom is 0.416 e. The molecule has 1 atom stereocenters. The van der Waals surface area contributed by atoms with Crippen LogP contribution in [0.4, 0.5) is 18.9 Å². The van der Waals surface area contributed by atoms with Crippen LogP contribution >= 0.6 is 0 Å². The van der Waals surface area contributed by atoms with Crippen molar-refractivity contribution in [3.05, 3.63) is 53.1 Å². The first kappa shape index (κ1) is 22.9. The molecule has 3 rings (SSSR count). The minimum absolute atomic E-state index is 0.134. The fourth-order valence-electron chi connectivity index (χ4n) is 3.51.